The van der Waals surface area contributed by atoms with Crippen molar-refractivity contribution in [2.24, 2.45) is 17.8 Å². The lowest BCUT2D eigenvalue weighted by Crippen LogP contribution is -2.35. The van der Waals surface area contributed by atoms with Crippen LogP contribution in [0.15, 0.2) is 28.8 Å². The number of ether oxygens (including phenoxy) is 2. The van der Waals surface area contributed by atoms with Gasteiger partial charge in [-0.05, 0) is 69.2 Å². The summed E-state index contributed by atoms with van der Waals surface area (Å²) in [6.45, 7) is 1.93. The van der Waals surface area contributed by atoms with Crippen molar-refractivity contribution < 1.29 is 28.7 Å². The number of carboxylic acids is 1. The minimum Gasteiger partial charge on any atom is -0.490 e. The lowest BCUT2D eigenvalue weighted by atomic mass is 9.98. The highest BCUT2D eigenvalue weighted by Gasteiger charge is 2.60. The van der Waals surface area contributed by atoms with Crippen molar-refractivity contribution in [2.75, 3.05) is 7.05 Å². The average Bonchev–Trinajstić information content (AvgIpc) is 3.13. The Morgan fingerprint density at radius 2 is 1.85 bits per heavy atom. The third kappa shape index (κ3) is 4.38. The summed E-state index contributed by atoms with van der Waals surface area (Å²) in [4.78, 5) is 25.7. The van der Waals surface area contributed by atoms with Crippen LogP contribution in [-0.2, 0) is 16.1 Å². The Labute approximate surface area is 199 Å². The fraction of sp³-hybridized carbons (Fsp3) is 0.577. The standard InChI is InChI=1S/C26H32N2O6/c1-15-20(14-32-26(31)28(2)17-6-3-4-7-17)24(34-27-15)16-10-12-18(13-11-16)33-21-9-5-8-19-22(21)23(19)25(29)30/h10-13,17,19,21-23H,3-9,14H2,1-2H3,(H,29,30). The zero-order valence-electron chi connectivity index (χ0n) is 19.7. The molecule has 5 rings (SSSR count). The van der Waals surface area contributed by atoms with E-state index >= 15 is 0 Å². The van der Waals surface area contributed by atoms with Crippen LogP contribution in [0.4, 0.5) is 4.79 Å². The number of aliphatic carboxylic acids is 1. The summed E-state index contributed by atoms with van der Waals surface area (Å²) in [6.07, 6.45) is 6.85. The second-order valence-corrected chi connectivity index (χ2v) is 9.90. The first kappa shape index (κ1) is 22.7. The molecule has 8 heteroatoms. The third-order valence-electron chi connectivity index (χ3n) is 7.86. The van der Waals surface area contributed by atoms with Gasteiger partial charge >= 0.3 is 12.1 Å². The summed E-state index contributed by atoms with van der Waals surface area (Å²) in [5.74, 6) is 0.697. The van der Waals surface area contributed by atoms with Crippen LogP contribution >= 0.6 is 0 Å². The monoisotopic (exact) mass is 468 g/mol. The molecule has 1 aromatic carbocycles. The van der Waals surface area contributed by atoms with E-state index in [1.165, 1.54) is 0 Å². The van der Waals surface area contributed by atoms with E-state index in [4.69, 9.17) is 14.0 Å². The first-order chi connectivity index (χ1) is 16.4. The minimum atomic E-state index is -0.704. The van der Waals surface area contributed by atoms with Crippen molar-refractivity contribution in [3.63, 3.8) is 0 Å². The smallest absolute Gasteiger partial charge is 0.410 e. The molecule has 182 valence electrons. The van der Waals surface area contributed by atoms with Crippen LogP contribution in [0.2, 0.25) is 0 Å². The molecule has 0 radical (unpaired) electrons. The SMILES string of the molecule is Cc1noc(-c2ccc(OC3CCCC4C(C(=O)O)C34)cc2)c1COC(=O)N(C)C1CCCC1. The summed E-state index contributed by atoms with van der Waals surface area (Å²) < 4.78 is 17.3. The van der Waals surface area contributed by atoms with Gasteiger partial charge < -0.3 is 24.0 Å². The zero-order valence-corrected chi connectivity index (χ0v) is 19.7. The van der Waals surface area contributed by atoms with Crippen LogP contribution < -0.4 is 4.74 Å². The van der Waals surface area contributed by atoms with Crippen molar-refractivity contribution in [3.8, 4) is 17.1 Å². The molecule has 0 spiro atoms. The lowest BCUT2D eigenvalue weighted by Gasteiger charge is -2.23. The Hall–Kier alpha value is -3.03. The molecular weight excluding hydrogens is 436 g/mol. The van der Waals surface area contributed by atoms with Gasteiger partial charge in [0.05, 0.1) is 17.2 Å². The summed E-state index contributed by atoms with van der Waals surface area (Å²) in [5.41, 5.74) is 2.26. The lowest BCUT2D eigenvalue weighted by molar-refractivity contribution is -0.139. The van der Waals surface area contributed by atoms with Crippen LogP contribution in [0.5, 0.6) is 5.75 Å². The molecule has 0 saturated heterocycles. The van der Waals surface area contributed by atoms with Crippen LogP contribution in [0.3, 0.4) is 0 Å². The summed E-state index contributed by atoms with van der Waals surface area (Å²) in [6, 6.07) is 7.79. The predicted molar refractivity (Wildman–Crippen MR) is 123 cm³/mol. The summed E-state index contributed by atoms with van der Waals surface area (Å²) >= 11 is 0. The van der Waals surface area contributed by atoms with E-state index in [1.807, 2.05) is 31.2 Å². The molecule has 3 saturated carbocycles. The number of fused-ring (bicyclic) bond motifs is 1. The van der Waals surface area contributed by atoms with Gasteiger partial charge in [0, 0.05) is 24.6 Å². The van der Waals surface area contributed by atoms with Gasteiger partial charge in [0.1, 0.15) is 18.5 Å². The number of amides is 1. The van der Waals surface area contributed by atoms with E-state index in [9.17, 15) is 14.7 Å². The molecule has 4 atom stereocenters. The van der Waals surface area contributed by atoms with Gasteiger partial charge in [-0.25, -0.2) is 4.79 Å². The molecule has 34 heavy (non-hydrogen) atoms. The number of carbonyl (C=O) groups is 2. The van der Waals surface area contributed by atoms with E-state index in [2.05, 4.69) is 5.16 Å². The van der Waals surface area contributed by atoms with E-state index in [1.54, 1.807) is 11.9 Å². The largest absolute Gasteiger partial charge is 0.490 e. The Morgan fingerprint density at radius 3 is 2.56 bits per heavy atom. The molecule has 4 unspecified atom stereocenters. The molecule has 1 heterocycles. The number of rotatable bonds is 7. The summed E-state index contributed by atoms with van der Waals surface area (Å²) in [5, 5.41) is 13.5. The molecular formula is C26H32N2O6. The Bertz CT molecular complexity index is 1040. The van der Waals surface area contributed by atoms with Gasteiger partial charge in [-0.15, -0.1) is 0 Å². The molecule has 1 N–H and O–H groups in total. The zero-order chi connectivity index (χ0) is 23.8. The van der Waals surface area contributed by atoms with Gasteiger partial charge in [0.15, 0.2) is 5.76 Å². The second-order valence-electron chi connectivity index (χ2n) is 9.90. The van der Waals surface area contributed by atoms with E-state index < -0.39 is 5.97 Å². The highest BCUT2D eigenvalue weighted by atomic mass is 16.6. The molecule has 0 bridgehead atoms. The first-order valence-electron chi connectivity index (χ1n) is 12.3. The average molecular weight is 469 g/mol. The van der Waals surface area contributed by atoms with E-state index in [-0.39, 0.29) is 42.6 Å². The fourth-order valence-corrected chi connectivity index (χ4v) is 5.83. The minimum absolute atomic E-state index is 0.0509. The van der Waals surface area contributed by atoms with Gasteiger partial charge in [-0.2, -0.15) is 0 Å². The van der Waals surface area contributed by atoms with Gasteiger partial charge in [0.25, 0.3) is 0 Å². The number of benzene rings is 1. The van der Waals surface area contributed by atoms with E-state index in [0.29, 0.717) is 17.2 Å². The summed E-state index contributed by atoms with van der Waals surface area (Å²) in [7, 11) is 1.80. The Morgan fingerprint density at radius 1 is 1.12 bits per heavy atom. The van der Waals surface area contributed by atoms with Crippen molar-refractivity contribution in [1.29, 1.82) is 0 Å². The molecule has 1 aromatic heterocycles. The van der Waals surface area contributed by atoms with Gasteiger partial charge in [0.2, 0.25) is 0 Å². The van der Waals surface area contributed by atoms with E-state index in [0.717, 1.165) is 56.1 Å². The molecule has 8 nitrogen and oxygen atoms in total. The quantitative estimate of drug-likeness (QED) is 0.607. The maximum atomic E-state index is 12.5. The van der Waals surface area contributed by atoms with Crippen LogP contribution in [0.1, 0.15) is 56.2 Å². The number of carboxylic acid groups (broad SMARTS) is 1. The number of nitrogens with zero attached hydrogens (tertiary/aromatic N) is 2. The normalized spacial score (nSPS) is 26.1. The maximum absolute atomic E-state index is 12.5. The molecule has 1 amide bonds. The molecule has 3 aliphatic carbocycles. The Balaban J connectivity index is 1.23. The topological polar surface area (TPSA) is 102 Å². The first-order valence-corrected chi connectivity index (χ1v) is 12.3. The third-order valence-corrected chi connectivity index (χ3v) is 7.86. The van der Waals surface area contributed by atoms with Crippen LogP contribution in [-0.4, -0.2) is 46.4 Å². The van der Waals surface area contributed by atoms with Gasteiger partial charge in [-0.1, -0.05) is 18.0 Å². The number of hydrogen-bond donors (Lipinski definition) is 1. The highest BCUT2D eigenvalue weighted by molar-refractivity contribution is 5.74. The fourth-order valence-electron chi connectivity index (χ4n) is 5.83. The maximum Gasteiger partial charge on any atom is 0.410 e. The van der Waals surface area contributed by atoms with Crippen molar-refractivity contribution >= 4 is 12.1 Å². The number of carbonyl (C=O) groups excluding carboxylic acids is 1. The van der Waals surface area contributed by atoms with Crippen molar-refractivity contribution in [1.82, 2.24) is 10.1 Å². The second kappa shape index (κ2) is 9.31. The number of aromatic nitrogens is 1. The Kier molecular flexibility index (Phi) is 6.23. The molecule has 3 aliphatic rings. The highest BCUT2D eigenvalue weighted by Crippen LogP contribution is 2.56. The number of hydrogen-bond acceptors (Lipinski definition) is 6. The molecule has 2 aromatic rings. The molecule has 3 fully saturated rings. The van der Waals surface area contributed by atoms with Crippen LogP contribution in [0.25, 0.3) is 11.3 Å². The van der Waals surface area contributed by atoms with Crippen molar-refractivity contribution in [3.05, 3.63) is 35.5 Å². The predicted octanol–water partition coefficient (Wildman–Crippen LogP) is 5.04. The number of aryl methyl sites for hydroxylation is 1. The van der Waals surface area contributed by atoms with Gasteiger partial charge in [-0.3, -0.25) is 4.79 Å². The molecule has 0 aliphatic heterocycles. The van der Waals surface area contributed by atoms with Crippen molar-refractivity contribution in [2.45, 2.75) is 70.6 Å². The van der Waals surface area contributed by atoms with Crippen LogP contribution in [0, 0.1) is 24.7 Å².